The summed E-state index contributed by atoms with van der Waals surface area (Å²) in [6, 6.07) is 17.2. The van der Waals surface area contributed by atoms with E-state index in [4.69, 9.17) is 14.2 Å². The van der Waals surface area contributed by atoms with E-state index >= 15 is 0 Å². The second-order valence-electron chi connectivity index (χ2n) is 8.05. The molecule has 1 heterocycles. The van der Waals surface area contributed by atoms with Gasteiger partial charge in [0.1, 0.15) is 12.4 Å². The van der Waals surface area contributed by atoms with Crippen molar-refractivity contribution in [2.75, 3.05) is 7.11 Å². The van der Waals surface area contributed by atoms with E-state index in [9.17, 15) is 19.2 Å². The minimum atomic E-state index is -1.02. The van der Waals surface area contributed by atoms with E-state index in [0.29, 0.717) is 0 Å². The highest BCUT2D eigenvalue weighted by Crippen LogP contribution is 2.26. The number of esters is 3. The summed E-state index contributed by atoms with van der Waals surface area (Å²) in [7, 11) is 1.11. The predicted molar refractivity (Wildman–Crippen MR) is 121 cm³/mol. The molecule has 0 atom stereocenters. The highest BCUT2D eigenvalue weighted by molar-refractivity contribution is 5.94. The molecular formula is C25H24N2O7. The Morgan fingerprint density at radius 1 is 0.941 bits per heavy atom. The van der Waals surface area contributed by atoms with Crippen LogP contribution in [0.15, 0.2) is 65.5 Å². The van der Waals surface area contributed by atoms with Crippen molar-refractivity contribution in [2.45, 2.75) is 32.3 Å². The molecule has 1 N–H and O–H groups in total. The van der Waals surface area contributed by atoms with Crippen LogP contribution in [-0.4, -0.2) is 35.0 Å². The number of benzene rings is 2. The van der Waals surface area contributed by atoms with Crippen molar-refractivity contribution in [3.05, 3.63) is 93.7 Å². The third kappa shape index (κ3) is 5.94. The van der Waals surface area contributed by atoms with Gasteiger partial charge in [-0.05, 0) is 17.7 Å². The number of ether oxygens (including phenoxy) is 3. The third-order valence-electron chi connectivity index (χ3n) is 4.93. The van der Waals surface area contributed by atoms with Crippen molar-refractivity contribution < 1.29 is 28.6 Å². The lowest BCUT2D eigenvalue weighted by Crippen LogP contribution is -2.31. The maximum atomic E-state index is 12.8. The molecule has 0 saturated heterocycles. The number of hydrogen-bond acceptors (Lipinski definition) is 8. The number of carbonyl (C=O) groups is 3. The molecule has 176 valence electrons. The molecule has 9 nitrogen and oxygen atoms in total. The molecule has 0 bridgehead atoms. The molecule has 0 aliphatic carbocycles. The normalized spacial score (nSPS) is 10.9. The van der Waals surface area contributed by atoms with E-state index in [1.54, 1.807) is 32.0 Å². The molecule has 0 aliphatic heterocycles. The molecule has 0 amide bonds. The number of hydrogen-bond donors (Lipinski definition) is 1. The molecule has 0 aliphatic rings. The summed E-state index contributed by atoms with van der Waals surface area (Å²) in [6.45, 7) is 3.42. The summed E-state index contributed by atoms with van der Waals surface area (Å²) in [5.41, 5.74) is -1.34. The molecule has 0 unspecified atom stereocenters. The molecule has 0 spiro atoms. The largest absolute Gasteiger partial charge is 0.464 e. The SMILES string of the molecule is COC(=O)c1nc(C(C)(C)CC(=O)OCc2ccccc2)[nH]c(=O)c1OC(=O)c1ccccc1. The Hall–Kier alpha value is -4.27. The van der Waals surface area contributed by atoms with Gasteiger partial charge in [0.25, 0.3) is 5.56 Å². The number of aromatic nitrogens is 2. The van der Waals surface area contributed by atoms with Gasteiger partial charge in [-0.25, -0.2) is 14.6 Å². The second-order valence-corrected chi connectivity index (χ2v) is 8.05. The summed E-state index contributed by atoms with van der Waals surface area (Å²) in [5, 5.41) is 0. The summed E-state index contributed by atoms with van der Waals surface area (Å²) in [5.74, 6) is -2.88. The zero-order chi connectivity index (χ0) is 24.7. The predicted octanol–water partition coefficient (Wildman–Crippen LogP) is 3.19. The number of aromatic amines is 1. The van der Waals surface area contributed by atoms with Crippen LogP contribution < -0.4 is 10.3 Å². The van der Waals surface area contributed by atoms with Crippen molar-refractivity contribution in [2.24, 2.45) is 0 Å². The topological polar surface area (TPSA) is 125 Å². The van der Waals surface area contributed by atoms with Gasteiger partial charge in [-0.1, -0.05) is 62.4 Å². The van der Waals surface area contributed by atoms with Crippen molar-refractivity contribution >= 4 is 17.9 Å². The first-order valence-corrected chi connectivity index (χ1v) is 10.4. The number of H-pyrrole nitrogens is 1. The summed E-state index contributed by atoms with van der Waals surface area (Å²) in [4.78, 5) is 56.7. The van der Waals surface area contributed by atoms with Gasteiger partial charge in [-0.2, -0.15) is 0 Å². The van der Waals surface area contributed by atoms with Crippen LogP contribution in [0.3, 0.4) is 0 Å². The molecule has 34 heavy (non-hydrogen) atoms. The summed E-state index contributed by atoms with van der Waals surface area (Å²) < 4.78 is 15.2. The average molecular weight is 464 g/mol. The first-order chi connectivity index (χ1) is 16.2. The van der Waals surface area contributed by atoms with Gasteiger partial charge >= 0.3 is 17.9 Å². The number of nitrogens with zero attached hydrogens (tertiary/aromatic N) is 1. The molecule has 0 fully saturated rings. The van der Waals surface area contributed by atoms with Crippen LogP contribution >= 0.6 is 0 Å². The van der Waals surface area contributed by atoms with Crippen LogP contribution in [-0.2, 0) is 26.3 Å². The fourth-order valence-electron chi connectivity index (χ4n) is 3.07. The zero-order valence-corrected chi connectivity index (χ0v) is 19.0. The van der Waals surface area contributed by atoms with E-state index in [1.807, 2.05) is 30.3 Å². The van der Waals surface area contributed by atoms with Gasteiger partial charge in [0.2, 0.25) is 5.75 Å². The van der Waals surface area contributed by atoms with E-state index in [0.717, 1.165) is 12.7 Å². The van der Waals surface area contributed by atoms with Gasteiger partial charge in [-0.3, -0.25) is 9.59 Å². The molecular weight excluding hydrogens is 440 g/mol. The van der Waals surface area contributed by atoms with Crippen molar-refractivity contribution in [1.82, 2.24) is 9.97 Å². The Kier molecular flexibility index (Phi) is 7.57. The van der Waals surface area contributed by atoms with Crippen LogP contribution in [0, 0.1) is 0 Å². The number of carbonyl (C=O) groups excluding carboxylic acids is 3. The highest BCUT2D eigenvalue weighted by Gasteiger charge is 2.32. The molecule has 3 aromatic rings. The van der Waals surface area contributed by atoms with Gasteiger partial charge in [-0.15, -0.1) is 0 Å². The standard InChI is InChI=1S/C25H24N2O7/c1-25(2,14-18(28)33-15-16-10-6-4-7-11-16)24-26-19(23(31)32-3)20(21(29)27-24)34-22(30)17-12-8-5-9-13-17/h4-13H,14-15H2,1-3H3,(H,26,27,29). The molecule has 1 aromatic heterocycles. The average Bonchev–Trinajstić information content (AvgIpc) is 2.84. The quantitative estimate of drug-likeness (QED) is 0.504. The van der Waals surface area contributed by atoms with Crippen LogP contribution in [0.1, 0.15) is 52.5 Å². The first-order valence-electron chi connectivity index (χ1n) is 10.4. The van der Waals surface area contributed by atoms with Crippen LogP contribution in [0.25, 0.3) is 0 Å². The fourth-order valence-corrected chi connectivity index (χ4v) is 3.07. The Labute approximate surface area is 195 Å². The fraction of sp³-hybridized carbons (Fsp3) is 0.240. The number of rotatable bonds is 8. The van der Waals surface area contributed by atoms with Gasteiger partial charge < -0.3 is 19.2 Å². The van der Waals surface area contributed by atoms with E-state index in [2.05, 4.69) is 9.97 Å². The lowest BCUT2D eigenvalue weighted by Gasteiger charge is -2.23. The maximum absolute atomic E-state index is 12.8. The van der Waals surface area contributed by atoms with Crippen molar-refractivity contribution in [3.8, 4) is 5.75 Å². The first kappa shape index (κ1) is 24.4. The Morgan fingerprint density at radius 2 is 1.56 bits per heavy atom. The zero-order valence-electron chi connectivity index (χ0n) is 19.0. The molecule has 3 rings (SSSR count). The third-order valence-corrected chi connectivity index (χ3v) is 4.93. The van der Waals surface area contributed by atoms with Crippen LogP contribution in [0.4, 0.5) is 0 Å². The van der Waals surface area contributed by atoms with E-state index in [1.165, 1.54) is 12.1 Å². The van der Waals surface area contributed by atoms with Crippen molar-refractivity contribution in [3.63, 3.8) is 0 Å². The Balaban J connectivity index is 1.84. The van der Waals surface area contributed by atoms with Crippen molar-refractivity contribution in [1.29, 1.82) is 0 Å². The monoisotopic (exact) mass is 464 g/mol. The minimum absolute atomic E-state index is 0.0362. The van der Waals surface area contributed by atoms with Gasteiger partial charge in [0.05, 0.1) is 19.1 Å². The van der Waals surface area contributed by atoms with Crippen LogP contribution in [0.5, 0.6) is 5.75 Å². The Bertz CT molecular complexity index is 1240. The molecule has 2 aromatic carbocycles. The summed E-state index contributed by atoms with van der Waals surface area (Å²) >= 11 is 0. The summed E-state index contributed by atoms with van der Waals surface area (Å²) in [6.07, 6.45) is -0.132. The highest BCUT2D eigenvalue weighted by atomic mass is 16.5. The second kappa shape index (κ2) is 10.6. The minimum Gasteiger partial charge on any atom is -0.464 e. The van der Waals surface area contributed by atoms with E-state index < -0.39 is 40.3 Å². The van der Waals surface area contributed by atoms with Gasteiger partial charge in [0, 0.05) is 5.41 Å². The van der Waals surface area contributed by atoms with Gasteiger partial charge in [0.15, 0.2) is 5.69 Å². The Morgan fingerprint density at radius 3 is 2.18 bits per heavy atom. The lowest BCUT2D eigenvalue weighted by atomic mass is 9.88. The van der Waals surface area contributed by atoms with E-state index in [-0.39, 0.29) is 24.4 Å². The molecule has 9 heteroatoms. The van der Waals surface area contributed by atoms with Crippen LogP contribution in [0.2, 0.25) is 0 Å². The maximum Gasteiger partial charge on any atom is 0.360 e. The molecule has 0 radical (unpaired) electrons. The number of methoxy groups -OCH3 is 1. The lowest BCUT2D eigenvalue weighted by molar-refractivity contribution is -0.146. The molecule has 0 saturated carbocycles. The number of nitrogens with one attached hydrogen (secondary N) is 1. The smallest absolute Gasteiger partial charge is 0.360 e.